The summed E-state index contributed by atoms with van der Waals surface area (Å²) in [6, 6.07) is 0. The smallest absolute Gasteiger partial charge is 0.109 e. The van der Waals surface area contributed by atoms with Crippen LogP contribution in [0.3, 0.4) is 0 Å². The lowest BCUT2D eigenvalue weighted by Crippen LogP contribution is -1.90. The molecule has 1 fully saturated rings. The molecule has 12 heavy (non-hydrogen) atoms. The summed E-state index contributed by atoms with van der Waals surface area (Å²) in [4.78, 5) is 4.49. The van der Waals surface area contributed by atoms with Crippen LogP contribution in [0.2, 0.25) is 0 Å². The zero-order valence-corrected chi connectivity index (χ0v) is 8.16. The van der Waals surface area contributed by atoms with Crippen LogP contribution in [0, 0.1) is 6.92 Å². The quantitative estimate of drug-likeness (QED) is 0.725. The lowest BCUT2D eigenvalue weighted by molar-refractivity contribution is 0.714. The number of nitrogen functional groups attached to an aromatic ring is 1. The molecule has 1 aliphatic carbocycles. The predicted molar refractivity (Wildman–Crippen MR) is 52.5 cm³/mol. The van der Waals surface area contributed by atoms with Crippen LogP contribution < -0.4 is 5.73 Å². The summed E-state index contributed by atoms with van der Waals surface area (Å²) in [5.74, 6) is 0.714. The van der Waals surface area contributed by atoms with Crippen molar-refractivity contribution in [2.75, 3.05) is 5.73 Å². The molecule has 2 N–H and O–H groups in total. The maximum absolute atomic E-state index is 5.76. The Morgan fingerprint density at radius 3 is 2.58 bits per heavy atom. The van der Waals surface area contributed by atoms with Crippen LogP contribution in [0.4, 0.5) is 5.00 Å². The minimum Gasteiger partial charge on any atom is -0.389 e. The first-order valence-electron chi connectivity index (χ1n) is 4.50. The average molecular weight is 182 g/mol. The summed E-state index contributed by atoms with van der Waals surface area (Å²) in [5.41, 5.74) is 6.78. The van der Waals surface area contributed by atoms with Crippen molar-refractivity contribution in [3.8, 4) is 0 Å². The number of hydrogen-bond donors (Lipinski definition) is 1. The highest BCUT2D eigenvalue weighted by Crippen LogP contribution is 2.37. The van der Waals surface area contributed by atoms with Crippen molar-refractivity contribution in [2.45, 2.75) is 38.5 Å². The summed E-state index contributed by atoms with van der Waals surface area (Å²) in [7, 11) is 0. The number of anilines is 1. The fourth-order valence-corrected chi connectivity index (χ4v) is 2.78. The summed E-state index contributed by atoms with van der Waals surface area (Å²) < 4.78 is 0. The highest BCUT2D eigenvalue weighted by Gasteiger charge is 2.20. The SMILES string of the molecule is Cc1nc(C2CCCC2)sc1N. The Labute approximate surface area is 76.8 Å². The molecule has 2 rings (SSSR count). The minimum atomic E-state index is 0.714. The molecule has 1 aromatic heterocycles. The third-order valence-corrected chi connectivity index (χ3v) is 3.70. The van der Waals surface area contributed by atoms with Gasteiger partial charge in [0.25, 0.3) is 0 Å². The monoisotopic (exact) mass is 182 g/mol. The number of aryl methyl sites for hydroxylation is 1. The van der Waals surface area contributed by atoms with E-state index in [0.29, 0.717) is 5.92 Å². The predicted octanol–water partition coefficient (Wildman–Crippen LogP) is 2.69. The van der Waals surface area contributed by atoms with Gasteiger partial charge in [-0.25, -0.2) is 4.98 Å². The Kier molecular flexibility index (Phi) is 2.05. The summed E-state index contributed by atoms with van der Waals surface area (Å²) in [6.07, 6.45) is 5.35. The van der Waals surface area contributed by atoms with E-state index in [2.05, 4.69) is 4.98 Å². The Morgan fingerprint density at radius 1 is 1.42 bits per heavy atom. The number of thiazole rings is 1. The summed E-state index contributed by atoms with van der Waals surface area (Å²) in [5, 5.41) is 2.17. The lowest BCUT2D eigenvalue weighted by atomic mass is 10.1. The third-order valence-electron chi connectivity index (χ3n) is 2.55. The van der Waals surface area contributed by atoms with Crippen molar-refractivity contribution in [1.29, 1.82) is 0 Å². The minimum absolute atomic E-state index is 0.714. The second-order valence-electron chi connectivity index (χ2n) is 3.48. The van der Waals surface area contributed by atoms with Gasteiger partial charge < -0.3 is 5.73 Å². The molecule has 2 nitrogen and oxygen atoms in total. The van der Waals surface area contributed by atoms with Crippen molar-refractivity contribution in [1.82, 2.24) is 4.98 Å². The molecule has 0 bridgehead atoms. The van der Waals surface area contributed by atoms with Crippen LogP contribution in [-0.4, -0.2) is 4.98 Å². The molecule has 3 heteroatoms. The van der Waals surface area contributed by atoms with Gasteiger partial charge in [-0.3, -0.25) is 0 Å². The number of hydrogen-bond acceptors (Lipinski definition) is 3. The molecule has 1 saturated carbocycles. The number of rotatable bonds is 1. The van der Waals surface area contributed by atoms with Crippen molar-refractivity contribution in [3.05, 3.63) is 10.7 Å². The molecule has 0 aliphatic heterocycles. The molecule has 0 saturated heterocycles. The topological polar surface area (TPSA) is 38.9 Å². The Bertz CT molecular complexity index is 255. The molecular weight excluding hydrogens is 168 g/mol. The van der Waals surface area contributed by atoms with Gasteiger partial charge in [0, 0.05) is 5.92 Å². The highest BCUT2D eigenvalue weighted by atomic mass is 32.1. The Morgan fingerprint density at radius 2 is 2.08 bits per heavy atom. The molecule has 1 aliphatic rings. The molecule has 0 unspecified atom stereocenters. The average Bonchev–Trinajstić information content (AvgIpc) is 2.61. The molecule has 0 radical (unpaired) electrons. The fourth-order valence-electron chi connectivity index (χ4n) is 1.78. The summed E-state index contributed by atoms with van der Waals surface area (Å²) in [6.45, 7) is 1.99. The Hall–Kier alpha value is -0.570. The second-order valence-corrected chi connectivity index (χ2v) is 4.55. The van der Waals surface area contributed by atoms with Crippen LogP contribution in [0.5, 0.6) is 0 Å². The molecule has 0 atom stereocenters. The standard InChI is InChI=1S/C9H14N2S/c1-6-8(10)12-9(11-6)7-4-2-3-5-7/h7H,2-5,10H2,1H3. The van der Waals surface area contributed by atoms with Gasteiger partial charge in [0.05, 0.1) is 10.7 Å². The van der Waals surface area contributed by atoms with Crippen molar-refractivity contribution in [2.24, 2.45) is 0 Å². The number of nitrogens with two attached hydrogens (primary N) is 1. The van der Waals surface area contributed by atoms with Gasteiger partial charge in [0.15, 0.2) is 0 Å². The van der Waals surface area contributed by atoms with Crippen LogP contribution in [0.1, 0.15) is 42.3 Å². The molecule has 0 amide bonds. The van der Waals surface area contributed by atoms with E-state index in [1.165, 1.54) is 30.7 Å². The van der Waals surface area contributed by atoms with Gasteiger partial charge >= 0.3 is 0 Å². The number of nitrogens with zero attached hydrogens (tertiary/aromatic N) is 1. The first-order valence-corrected chi connectivity index (χ1v) is 5.32. The Balaban J connectivity index is 2.21. The van der Waals surface area contributed by atoms with Crippen LogP contribution in [-0.2, 0) is 0 Å². The van der Waals surface area contributed by atoms with E-state index in [1.807, 2.05) is 6.92 Å². The zero-order valence-electron chi connectivity index (χ0n) is 7.34. The van der Waals surface area contributed by atoms with Crippen molar-refractivity contribution in [3.63, 3.8) is 0 Å². The van der Waals surface area contributed by atoms with E-state index >= 15 is 0 Å². The number of aromatic nitrogens is 1. The first-order chi connectivity index (χ1) is 5.77. The molecule has 0 spiro atoms. The largest absolute Gasteiger partial charge is 0.389 e. The van der Waals surface area contributed by atoms with Gasteiger partial charge in [-0.05, 0) is 19.8 Å². The normalized spacial score (nSPS) is 18.8. The molecule has 1 aromatic rings. The van der Waals surface area contributed by atoms with Crippen LogP contribution >= 0.6 is 11.3 Å². The van der Waals surface area contributed by atoms with Crippen LogP contribution in [0.25, 0.3) is 0 Å². The highest BCUT2D eigenvalue weighted by molar-refractivity contribution is 7.15. The molecule has 0 aromatic carbocycles. The van der Waals surface area contributed by atoms with E-state index in [-0.39, 0.29) is 0 Å². The van der Waals surface area contributed by atoms with E-state index in [4.69, 9.17) is 5.73 Å². The first kappa shape index (κ1) is 8.05. The molecule has 1 heterocycles. The van der Waals surface area contributed by atoms with E-state index in [1.54, 1.807) is 11.3 Å². The maximum atomic E-state index is 5.76. The molecule has 66 valence electrons. The third kappa shape index (κ3) is 1.33. The van der Waals surface area contributed by atoms with Crippen LogP contribution in [0.15, 0.2) is 0 Å². The summed E-state index contributed by atoms with van der Waals surface area (Å²) >= 11 is 1.68. The van der Waals surface area contributed by atoms with Gasteiger partial charge in [0.1, 0.15) is 5.00 Å². The van der Waals surface area contributed by atoms with E-state index in [9.17, 15) is 0 Å². The molecular formula is C9H14N2S. The van der Waals surface area contributed by atoms with E-state index < -0.39 is 0 Å². The van der Waals surface area contributed by atoms with Gasteiger partial charge in [-0.1, -0.05) is 12.8 Å². The maximum Gasteiger partial charge on any atom is 0.109 e. The van der Waals surface area contributed by atoms with Gasteiger partial charge in [-0.15, -0.1) is 11.3 Å². The lowest BCUT2D eigenvalue weighted by Gasteiger charge is -2.01. The zero-order chi connectivity index (χ0) is 8.55. The van der Waals surface area contributed by atoms with Gasteiger partial charge in [-0.2, -0.15) is 0 Å². The second kappa shape index (κ2) is 3.05. The fraction of sp³-hybridized carbons (Fsp3) is 0.667. The van der Waals surface area contributed by atoms with Gasteiger partial charge in [0.2, 0.25) is 0 Å². The van der Waals surface area contributed by atoms with Crippen molar-refractivity contribution < 1.29 is 0 Å². The van der Waals surface area contributed by atoms with Crippen molar-refractivity contribution >= 4 is 16.3 Å². The van der Waals surface area contributed by atoms with E-state index in [0.717, 1.165) is 10.7 Å².